The van der Waals surface area contributed by atoms with Gasteiger partial charge in [-0.3, -0.25) is 14.5 Å². The lowest BCUT2D eigenvalue weighted by Gasteiger charge is -2.29. The third-order valence-corrected chi connectivity index (χ3v) is 13.3. The van der Waals surface area contributed by atoms with E-state index in [0.29, 0.717) is 60.6 Å². The van der Waals surface area contributed by atoms with Crippen molar-refractivity contribution in [2.75, 3.05) is 60.7 Å². The average molecular weight is 842 g/mol. The first-order valence-electron chi connectivity index (χ1n) is 18.7. The third kappa shape index (κ3) is 9.32. The number of anilines is 3. The van der Waals surface area contributed by atoms with Crippen LogP contribution in [0.1, 0.15) is 38.4 Å². The lowest BCUT2D eigenvalue weighted by atomic mass is 9.94. The maximum Gasteiger partial charge on any atom is 0.284 e. The zero-order chi connectivity index (χ0) is 40.1. The number of nitrogens with one attached hydrogen (secondary N) is 3. The summed E-state index contributed by atoms with van der Waals surface area (Å²) in [6.45, 7) is 4.77. The molecule has 0 radical (unpaired) electrons. The van der Waals surface area contributed by atoms with E-state index in [9.17, 15) is 18.0 Å². The highest BCUT2D eigenvalue weighted by molar-refractivity contribution is 7.99. The highest BCUT2D eigenvalue weighted by Crippen LogP contribution is 2.30. The molecule has 0 unspecified atom stereocenters. The van der Waals surface area contributed by atoms with E-state index in [1.165, 1.54) is 28.8 Å². The van der Waals surface area contributed by atoms with Gasteiger partial charge in [0.25, 0.3) is 21.8 Å². The van der Waals surface area contributed by atoms with Gasteiger partial charge < -0.3 is 20.3 Å². The van der Waals surface area contributed by atoms with Gasteiger partial charge in [-0.05, 0) is 72.5 Å². The smallest absolute Gasteiger partial charge is 0.284 e. The highest BCUT2D eigenvalue weighted by Gasteiger charge is 2.27. The van der Waals surface area contributed by atoms with Gasteiger partial charge in [-0.1, -0.05) is 30.3 Å². The molecule has 18 heteroatoms. The molecule has 0 aliphatic carbocycles. The van der Waals surface area contributed by atoms with Gasteiger partial charge in [-0.25, -0.2) is 32.0 Å². The summed E-state index contributed by atoms with van der Waals surface area (Å²) in [5.74, 6) is -0.973. The van der Waals surface area contributed by atoms with Crippen LogP contribution >= 0.6 is 23.1 Å². The summed E-state index contributed by atoms with van der Waals surface area (Å²) in [6.07, 6.45) is 4.64. The van der Waals surface area contributed by atoms with Crippen LogP contribution in [0.3, 0.4) is 0 Å². The number of morpholine rings is 1. The number of thiazole rings is 1. The normalized spacial score (nSPS) is 15.2. The Morgan fingerprint density at radius 1 is 0.966 bits per heavy atom. The molecular weight excluding hydrogens is 802 g/mol. The van der Waals surface area contributed by atoms with Crippen molar-refractivity contribution in [3.8, 4) is 0 Å². The number of hydrogen-bond donors (Lipinski definition) is 3. The van der Waals surface area contributed by atoms with Crippen LogP contribution in [0.5, 0.6) is 0 Å². The summed E-state index contributed by atoms with van der Waals surface area (Å²) in [7, 11) is -4.45. The third-order valence-electron chi connectivity index (χ3n) is 9.92. The molecule has 0 bridgehead atoms. The maximum atomic E-state index is 15.6. The molecule has 3 aromatic heterocycles. The van der Waals surface area contributed by atoms with Gasteiger partial charge in [0.05, 0.1) is 30.0 Å². The topological polar surface area (TPSA) is 163 Å². The molecule has 1 fully saturated rings. The average Bonchev–Trinajstić information content (AvgIpc) is 3.90. The fourth-order valence-corrected chi connectivity index (χ4v) is 9.65. The van der Waals surface area contributed by atoms with Gasteiger partial charge in [0.15, 0.2) is 16.6 Å². The summed E-state index contributed by atoms with van der Waals surface area (Å²) in [5, 5.41) is 12.3. The van der Waals surface area contributed by atoms with E-state index in [1.54, 1.807) is 46.9 Å². The summed E-state index contributed by atoms with van der Waals surface area (Å²) >= 11 is 2.85. The van der Waals surface area contributed by atoms with Gasteiger partial charge in [-0.15, -0.1) is 23.1 Å². The number of sulfonamides is 1. The minimum atomic E-state index is -4.45. The van der Waals surface area contributed by atoms with Crippen LogP contribution in [0.15, 0.2) is 106 Å². The minimum absolute atomic E-state index is 0.0985. The van der Waals surface area contributed by atoms with E-state index in [4.69, 9.17) is 4.74 Å². The molecule has 5 heterocycles. The molecule has 0 spiro atoms. The Kier molecular flexibility index (Phi) is 12.0. The zero-order valence-corrected chi connectivity index (χ0v) is 33.7. The van der Waals surface area contributed by atoms with Crippen molar-refractivity contribution in [2.24, 2.45) is 0 Å². The van der Waals surface area contributed by atoms with Crippen LogP contribution in [-0.4, -0.2) is 95.9 Å². The van der Waals surface area contributed by atoms with Crippen molar-refractivity contribution < 1.29 is 27.1 Å². The largest absolute Gasteiger partial charge is 0.379 e. The molecule has 8 rings (SSSR count). The van der Waals surface area contributed by atoms with Crippen LogP contribution < -0.4 is 20.3 Å². The standard InChI is InChI=1S/C40H40FN9O5S3/c41-33-22-30(11-12-34(33)43-28(14-16-48-18-20-55-21-19-48)25-56-29-7-2-1-3-8-29)58(53,54)47-39(52)35-26-57-40(44-35)49-17-13-27-6-4-9-31(32(27)23-49)38(51)46-36-24-50-37(45-36)10-5-15-42-50/h1-12,15,22,24,26,28,43H,13-14,16-21,23,25H2,(H,46,51)(H,47,52)/t28-/m1/s1. The van der Waals surface area contributed by atoms with Gasteiger partial charge in [0.1, 0.15) is 11.5 Å². The number of thioether (sulfide) groups is 1. The van der Waals surface area contributed by atoms with Crippen LogP contribution in [-0.2, 0) is 27.7 Å². The van der Waals surface area contributed by atoms with Crippen LogP contribution in [0, 0.1) is 5.82 Å². The summed E-state index contributed by atoms with van der Waals surface area (Å²) in [6, 6.07) is 22.5. The van der Waals surface area contributed by atoms with Crippen molar-refractivity contribution >= 4 is 67.2 Å². The maximum absolute atomic E-state index is 15.6. The first kappa shape index (κ1) is 39.4. The molecule has 1 saturated heterocycles. The number of carbonyl (C=O) groups excluding carboxylic acids is 2. The second kappa shape index (κ2) is 17.6. The number of halogens is 1. The quantitative estimate of drug-likeness (QED) is 0.117. The summed E-state index contributed by atoms with van der Waals surface area (Å²) in [5.41, 5.74) is 2.99. The molecular formula is C40H40FN9O5S3. The number of ether oxygens (including phenoxy) is 1. The molecule has 3 N–H and O–H groups in total. The number of nitrogens with zero attached hydrogens (tertiary/aromatic N) is 6. The van der Waals surface area contributed by atoms with E-state index in [2.05, 4.69) is 30.6 Å². The van der Waals surface area contributed by atoms with Gasteiger partial charge in [0.2, 0.25) is 0 Å². The Hall–Kier alpha value is -5.40. The predicted molar refractivity (Wildman–Crippen MR) is 222 cm³/mol. The van der Waals surface area contributed by atoms with Crippen molar-refractivity contribution in [1.82, 2.24) is 29.2 Å². The monoisotopic (exact) mass is 841 g/mol. The second-order valence-corrected chi connectivity index (χ2v) is 17.4. The number of rotatable bonds is 14. The Bertz CT molecular complexity index is 2500. The van der Waals surface area contributed by atoms with E-state index in [0.717, 1.165) is 48.1 Å². The lowest BCUT2D eigenvalue weighted by molar-refractivity contribution is 0.0370. The molecule has 2 amide bonds. The first-order chi connectivity index (χ1) is 28.2. The molecule has 2 aliphatic heterocycles. The summed E-state index contributed by atoms with van der Waals surface area (Å²) in [4.78, 5) is 40.5. The van der Waals surface area contributed by atoms with Gasteiger partial charge >= 0.3 is 0 Å². The molecule has 0 saturated carbocycles. The van der Waals surface area contributed by atoms with E-state index in [-0.39, 0.29) is 28.2 Å². The number of hydrogen-bond acceptors (Lipinski definition) is 13. The molecule has 3 aromatic carbocycles. The number of imidazole rings is 1. The Balaban J connectivity index is 0.906. The van der Waals surface area contributed by atoms with Crippen molar-refractivity contribution in [2.45, 2.75) is 35.2 Å². The Morgan fingerprint density at radius 2 is 1.81 bits per heavy atom. The molecule has 2 aliphatic rings. The van der Waals surface area contributed by atoms with Crippen LogP contribution in [0.4, 0.5) is 21.0 Å². The van der Waals surface area contributed by atoms with Crippen molar-refractivity contribution in [1.29, 1.82) is 0 Å². The zero-order valence-electron chi connectivity index (χ0n) is 31.2. The number of carbonyl (C=O) groups is 2. The van der Waals surface area contributed by atoms with Gasteiger partial charge in [-0.2, -0.15) is 5.10 Å². The molecule has 58 heavy (non-hydrogen) atoms. The van der Waals surface area contributed by atoms with Gasteiger partial charge in [0, 0.05) is 66.6 Å². The fraction of sp³-hybridized carbons (Fsp3) is 0.275. The molecule has 300 valence electrons. The highest BCUT2D eigenvalue weighted by atomic mass is 32.2. The fourth-order valence-electron chi connectivity index (χ4n) is 6.85. The summed E-state index contributed by atoms with van der Waals surface area (Å²) < 4.78 is 51.4. The minimum Gasteiger partial charge on any atom is -0.379 e. The van der Waals surface area contributed by atoms with Crippen LogP contribution in [0.2, 0.25) is 0 Å². The lowest BCUT2D eigenvalue weighted by Crippen LogP contribution is -2.39. The Labute approximate surface area is 342 Å². The molecule has 14 nitrogen and oxygen atoms in total. The second-order valence-electron chi connectivity index (χ2n) is 13.8. The molecule has 6 aromatic rings. The molecule has 1 atom stereocenters. The van der Waals surface area contributed by atoms with Crippen molar-refractivity contribution in [3.63, 3.8) is 0 Å². The Morgan fingerprint density at radius 3 is 2.62 bits per heavy atom. The van der Waals surface area contributed by atoms with E-state index in [1.807, 2.05) is 52.1 Å². The SMILES string of the molecule is O=C(NS(=O)(=O)c1ccc(N[C@H](CCN2CCOCC2)CSc2ccccc2)c(F)c1)c1csc(N2CCc3cccc(C(=O)Nc4cn5ncccc5n4)c3C2)n1. The van der Waals surface area contributed by atoms with Crippen LogP contribution in [0.25, 0.3) is 5.65 Å². The number of amides is 2. The number of fused-ring (bicyclic) bond motifs is 2. The van der Waals surface area contributed by atoms with E-state index >= 15 is 4.39 Å². The van der Waals surface area contributed by atoms with Crippen molar-refractivity contribution in [3.05, 3.63) is 125 Å². The first-order valence-corrected chi connectivity index (χ1v) is 22.1. The van der Waals surface area contributed by atoms with E-state index < -0.39 is 21.7 Å². The number of benzene rings is 3. The number of aromatic nitrogens is 4. The predicted octanol–water partition coefficient (Wildman–Crippen LogP) is 5.55.